The third-order valence-corrected chi connectivity index (χ3v) is 5.17. The highest BCUT2D eigenvalue weighted by molar-refractivity contribution is 6.37. The Labute approximate surface area is 172 Å². The number of aromatic nitrogens is 2. The number of allylic oxidation sites excluding steroid dienone is 5. The fourth-order valence-corrected chi connectivity index (χ4v) is 3.45. The van der Waals surface area contributed by atoms with E-state index in [0.717, 1.165) is 29.3 Å². The highest BCUT2D eigenvalue weighted by atomic mass is 35.5. The first-order chi connectivity index (χ1) is 13.5. The normalized spacial score (nSPS) is 12.1. The van der Waals surface area contributed by atoms with E-state index >= 15 is 0 Å². The minimum absolute atomic E-state index is 0.573. The van der Waals surface area contributed by atoms with E-state index in [9.17, 15) is 0 Å². The number of para-hydroxylation sites is 1. The van der Waals surface area contributed by atoms with Crippen molar-refractivity contribution in [2.45, 2.75) is 34.1 Å². The van der Waals surface area contributed by atoms with Gasteiger partial charge in [-0.2, -0.15) is 0 Å². The summed E-state index contributed by atoms with van der Waals surface area (Å²) < 4.78 is 2.16. The van der Waals surface area contributed by atoms with Gasteiger partial charge in [-0.1, -0.05) is 61.5 Å². The Morgan fingerprint density at radius 3 is 2.50 bits per heavy atom. The van der Waals surface area contributed by atoms with Crippen molar-refractivity contribution in [3.8, 4) is 0 Å². The molecule has 1 N–H and O–H groups in total. The van der Waals surface area contributed by atoms with E-state index in [1.165, 1.54) is 16.8 Å². The SMILES string of the molecule is C=C(/C(Cl)=C\C=C/C)c1nc2cccc(CC)n2c1Nc1c(C)cccc1C. The van der Waals surface area contributed by atoms with Crippen LogP contribution in [0.1, 0.15) is 36.4 Å². The maximum Gasteiger partial charge on any atom is 0.143 e. The van der Waals surface area contributed by atoms with Crippen LogP contribution in [0.4, 0.5) is 11.5 Å². The van der Waals surface area contributed by atoms with Crippen molar-refractivity contribution >= 4 is 34.3 Å². The smallest absolute Gasteiger partial charge is 0.143 e. The van der Waals surface area contributed by atoms with Crippen LogP contribution >= 0.6 is 11.6 Å². The minimum atomic E-state index is 0.573. The molecule has 3 rings (SSSR count). The van der Waals surface area contributed by atoms with E-state index < -0.39 is 0 Å². The number of fused-ring (bicyclic) bond motifs is 1. The number of pyridine rings is 1. The van der Waals surface area contributed by atoms with Gasteiger partial charge >= 0.3 is 0 Å². The van der Waals surface area contributed by atoms with Gasteiger partial charge in [0.2, 0.25) is 0 Å². The molecule has 0 saturated carbocycles. The van der Waals surface area contributed by atoms with Gasteiger partial charge in [0.1, 0.15) is 17.2 Å². The number of halogens is 1. The van der Waals surface area contributed by atoms with Gasteiger partial charge in [0.05, 0.1) is 0 Å². The Balaban J connectivity index is 2.24. The molecule has 2 aromatic heterocycles. The first-order valence-electron chi connectivity index (χ1n) is 9.49. The Morgan fingerprint density at radius 2 is 1.86 bits per heavy atom. The second-order valence-electron chi connectivity index (χ2n) is 6.78. The first kappa shape index (κ1) is 20.0. The summed E-state index contributed by atoms with van der Waals surface area (Å²) in [5.74, 6) is 0.891. The topological polar surface area (TPSA) is 29.3 Å². The molecular weight excluding hydrogens is 366 g/mol. The Bertz CT molecular complexity index is 1070. The molecule has 1 aromatic carbocycles. The Morgan fingerprint density at radius 1 is 1.18 bits per heavy atom. The van der Waals surface area contributed by atoms with Crippen LogP contribution in [0, 0.1) is 13.8 Å². The molecule has 0 aliphatic carbocycles. The number of nitrogens with zero attached hydrogens (tertiary/aromatic N) is 2. The fourth-order valence-electron chi connectivity index (χ4n) is 3.29. The van der Waals surface area contributed by atoms with Gasteiger partial charge in [0.15, 0.2) is 0 Å². The molecule has 4 heteroatoms. The van der Waals surface area contributed by atoms with Crippen LogP contribution in [-0.4, -0.2) is 9.38 Å². The summed E-state index contributed by atoms with van der Waals surface area (Å²) in [6.45, 7) is 12.5. The summed E-state index contributed by atoms with van der Waals surface area (Å²) in [5, 5.41) is 4.21. The molecule has 3 aromatic rings. The van der Waals surface area contributed by atoms with Crippen LogP contribution in [-0.2, 0) is 6.42 Å². The van der Waals surface area contributed by atoms with E-state index in [2.05, 4.69) is 61.3 Å². The number of anilines is 2. The van der Waals surface area contributed by atoms with Gasteiger partial charge in [-0.05, 0) is 56.5 Å². The van der Waals surface area contributed by atoms with Crippen molar-refractivity contribution in [2.24, 2.45) is 0 Å². The molecule has 28 heavy (non-hydrogen) atoms. The average Bonchev–Trinajstić information content (AvgIpc) is 3.06. The van der Waals surface area contributed by atoms with E-state index in [0.29, 0.717) is 10.6 Å². The quantitative estimate of drug-likeness (QED) is 0.459. The zero-order valence-corrected chi connectivity index (χ0v) is 17.6. The molecule has 0 unspecified atom stereocenters. The summed E-state index contributed by atoms with van der Waals surface area (Å²) in [6.07, 6.45) is 6.57. The van der Waals surface area contributed by atoms with Crippen molar-refractivity contribution in [2.75, 3.05) is 5.32 Å². The maximum absolute atomic E-state index is 6.52. The summed E-state index contributed by atoms with van der Waals surface area (Å²) in [5.41, 5.74) is 6.93. The monoisotopic (exact) mass is 391 g/mol. The lowest BCUT2D eigenvalue weighted by molar-refractivity contribution is 0.983. The molecular formula is C24H26ClN3. The molecule has 2 heterocycles. The number of nitrogens with one attached hydrogen (secondary N) is 1. The lowest BCUT2D eigenvalue weighted by atomic mass is 10.1. The van der Waals surface area contributed by atoms with Crippen molar-refractivity contribution < 1.29 is 0 Å². The van der Waals surface area contributed by atoms with Crippen LogP contribution in [0.15, 0.2) is 66.2 Å². The summed E-state index contributed by atoms with van der Waals surface area (Å²) in [7, 11) is 0. The zero-order valence-electron chi connectivity index (χ0n) is 16.9. The minimum Gasteiger partial charge on any atom is -0.339 e. The van der Waals surface area contributed by atoms with Crippen LogP contribution in [0.5, 0.6) is 0 Å². The predicted molar refractivity (Wildman–Crippen MR) is 122 cm³/mol. The van der Waals surface area contributed by atoms with Gasteiger partial charge in [-0.15, -0.1) is 0 Å². The van der Waals surface area contributed by atoms with Gasteiger partial charge < -0.3 is 5.32 Å². The summed E-state index contributed by atoms with van der Waals surface area (Å²) >= 11 is 6.52. The van der Waals surface area contributed by atoms with Gasteiger partial charge in [-0.25, -0.2) is 4.98 Å². The summed E-state index contributed by atoms with van der Waals surface area (Å²) in [4.78, 5) is 4.86. The second-order valence-corrected chi connectivity index (χ2v) is 7.19. The van der Waals surface area contributed by atoms with Gasteiger partial charge in [0.25, 0.3) is 0 Å². The predicted octanol–water partition coefficient (Wildman–Crippen LogP) is 6.97. The third-order valence-electron chi connectivity index (χ3n) is 4.82. The number of hydrogen-bond donors (Lipinski definition) is 1. The van der Waals surface area contributed by atoms with Crippen molar-refractivity contribution in [1.29, 1.82) is 0 Å². The van der Waals surface area contributed by atoms with Crippen molar-refractivity contribution in [3.05, 3.63) is 88.8 Å². The molecule has 0 bridgehead atoms. The molecule has 0 atom stereocenters. The van der Waals surface area contributed by atoms with Gasteiger partial charge in [-0.3, -0.25) is 4.40 Å². The molecule has 0 spiro atoms. The van der Waals surface area contributed by atoms with Crippen LogP contribution in [0.25, 0.3) is 11.2 Å². The molecule has 144 valence electrons. The van der Waals surface area contributed by atoms with Crippen molar-refractivity contribution in [3.63, 3.8) is 0 Å². The van der Waals surface area contributed by atoms with E-state index in [4.69, 9.17) is 16.6 Å². The molecule has 0 fully saturated rings. The zero-order chi connectivity index (χ0) is 20.3. The fraction of sp³-hybridized carbons (Fsp3) is 0.208. The van der Waals surface area contributed by atoms with Crippen LogP contribution in [0.3, 0.4) is 0 Å². The highest BCUT2D eigenvalue weighted by Crippen LogP contribution is 2.35. The largest absolute Gasteiger partial charge is 0.339 e. The molecule has 0 saturated heterocycles. The number of hydrogen-bond acceptors (Lipinski definition) is 2. The number of rotatable bonds is 6. The Kier molecular flexibility index (Phi) is 6.05. The van der Waals surface area contributed by atoms with Crippen LogP contribution < -0.4 is 5.32 Å². The Hall–Kier alpha value is -2.78. The summed E-state index contributed by atoms with van der Waals surface area (Å²) in [6, 6.07) is 12.4. The highest BCUT2D eigenvalue weighted by Gasteiger charge is 2.19. The molecule has 0 aliphatic rings. The van der Waals surface area contributed by atoms with E-state index in [-0.39, 0.29) is 0 Å². The van der Waals surface area contributed by atoms with Crippen molar-refractivity contribution in [1.82, 2.24) is 9.38 Å². The van der Waals surface area contributed by atoms with Gasteiger partial charge in [0, 0.05) is 22.0 Å². The lowest BCUT2D eigenvalue weighted by Crippen LogP contribution is -2.04. The average molecular weight is 392 g/mol. The second kappa shape index (κ2) is 8.49. The number of aryl methyl sites for hydroxylation is 3. The lowest BCUT2D eigenvalue weighted by Gasteiger charge is -2.16. The third kappa shape index (κ3) is 3.76. The maximum atomic E-state index is 6.52. The number of benzene rings is 1. The van der Waals surface area contributed by atoms with E-state index in [1.54, 1.807) is 0 Å². The molecule has 3 nitrogen and oxygen atoms in total. The molecule has 0 radical (unpaired) electrons. The molecule has 0 aliphatic heterocycles. The molecule has 0 amide bonds. The van der Waals surface area contributed by atoms with E-state index in [1.807, 2.05) is 37.3 Å². The number of imidazole rings is 1. The first-order valence-corrected chi connectivity index (χ1v) is 9.87. The van der Waals surface area contributed by atoms with Crippen LogP contribution in [0.2, 0.25) is 0 Å². The standard InChI is InChI=1S/C24H26ClN3/c1-6-8-14-20(25)18(5)23-24(27-22-16(3)11-9-12-17(22)4)28-19(7-2)13-10-15-21(28)26-23/h6,8-15,27H,5,7H2,1-4H3/b8-6-,20-14+.